The van der Waals surface area contributed by atoms with Gasteiger partial charge in [-0.05, 0) is 38.1 Å². The third-order valence-corrected chi connectivity index (χ3v) is 9.67. The van der Waals surface area contributed by atoms with Crippen molar-refractivity contribution in [2.45, 2.75) is 78.4 Å². The van der Waals surface area contributed by atoms with Crippen LogP contribution in [0, 0.1) is 13.8 Å². The van der Waals surface area contributed by atoms with Gasteiger partial charge in [0.2, 0.25) is 5.79 Å². The van der Waals surface area contributed by atoms with Gasteiger partial charge >= 0.3 is 0 Å². The summed E-state index contributed by atoms with van der Waals surface area (Å²) in [6.45, 7) is 0.635. The number of hydrogen-bond donors (Lipinski definition) is 6. The predicted molar refractivity (Wildman–Crippen MR) is 143 cm³/mol. The first-order valence-corrected chi connectivity index (χ1v) is 15.9. The second-order valence-electron chi connectivity index (χ2n) is 10.3. The van der Waals surface area contributed by atoms with E-state index in [4.69, 9.17) is 22.6 Å². The normalized spacial score (nSPS) is 33.5. The van der Waals surface area contributed by atoms with Crippen molar-refractivity contribution in [1.29, 1.82) is 0 Å². The van der Waals surface area contributed by atoms with E-state index in [2.05, 4.69) is 0 Å². The van der Waals surface area contributed by atoms with Gasteiger partial charge in [-0.1, -0.05) is 35.4 Å². The van der Waals surface area contributed by atoms with Crippen LogP contribution in [0.1, 0.15) is 11.1 Å². The lowest BCUT2D eigenvalue weighted by Crippen LogP contribution is -2.63. The molecule has 6 N–H and O–H groups in total. The smallest absolute Gasteiger partial charge is 0.297 e. The van der Waals surface area contributed by atoms with Gasteiger partial charge in [-0.2, -0.15) is 16.8 Å². The van der Waals surface area contributed by atoms with E-state index in [1.54, 1.807) is 13.8 Å². The highest BCUT2D eigenvalue weighted by Gasteiger charge is 2.59. The summed E-state index contributed by atoms with van der Waals surface area (Å²) in [5.41, 5.74) is 1.55. The molecular weight excluding hydrogens is 616 g/mol. The first-order chi connectivity index (χ1) is 20.1. The molecule has 2 aliphatic rings. The van der Waals surface area contributed by atoms with Crippen molar-refractivity contribution in [3.63, 3.8) is 0 Å². The highest BCUT2D eigenvalue weighted by Crippen LogP contribution is 2.37. The van der Waals surface area contributed by atoms with Gasteiger partial charge in [-0.15, -0.1) is 0 Å². The third kappa shape index (κ3) is 7.25. The van der Waals surface area contributed by atoms with Crippen LogP contribution in [0.25, 0.3) is 0 Å². The summed E-state index contributed by atoms with van der Waals surface area (Å²) in [4.78, 5) is -0.464. The Kier molecular flexibility index (Phi) is 10.3. The number of ether oxygens (including phenoxy) is 3. The largest absolute Gasteiger partial charge is 0.394 e. The number of aryl methyl sites for hydroxylation is 2. The second-order valence-corrected chi connectivity index (χ2v) is 13.5. The lowest BCUT2D eigenvalue weighted by Gasteiger charge is -2.43. The number of benzene rings is 2. The minimum Gasteiger partial charge on any atom is -0.394 e. The number of hydrogen-bond acceptors (Lipinski definition) is 15. The number of rotatable bonds is 11. The molecule has 15 nitrogen and oxygen atoms in total. The molecule has 0 saturated carbocycles. The molecule has 0 spiro atoms. The summed E-state index contributed by atoms with van der Waals surface area (Å²) in [5, 5.41) is 62.4. The molecule has 2 aromatic carbocycles. The SMILES string of the molecule is Cc1ccc(S(=O)(=O)OC[C@H]2O[C@H](O[C@]3(COS(=O)(=O)c4ccc(C)cc4)O[C@H](CO)[C@@H](O)[C@@H]3O)[C@H](O)[C@@H](O)[C@@H]2O)cc1. The van der Waals surface area contributed by atoms with Gasteiger partial charge in [0.05, 0.1) is 23.0 Å². The molecule has 2 heterocycles. The van der Waals surface area contributed by atoms with Crippen molar-refractivity contribution >= 4 is 20.2 Å². The Labute approximate surface area is 248 Å². The Balaban J connectivity index is 1.55. The molecule has 0 aliphatic carbocycles. The Morgan fingerprint density at radius 3 is 1.72 bits per heavy atom. The van der Waals surface area contributed by atoms with E-state index in [1.165, 1.54) is 48.5 Å². The van der Waals surface area contributed by atoms with Crippen LogP contribution in [-0.2, 0) is 42.8 Å². The van der Waals surface area contributed by atoms with Crippen LogP contribution < -0.4 is 0 Å². The van der Waals surface area contributed by atoms with Crippen LogP contribution in [0.3, 0.4) is 0 Å². The molecule has 2 fully saturated rings. The van der Waals surface area contributed by atoms with E-state index < -0.39 is 94.9 Å². The highest BCUT2D eigenvalue weighted by molar-refractivity contribution is 7.87. The van der Waals surface area contributed by atoms with E-state index in [-0.39, 0.29) is 9.79 Å². The molecule has 0 aromatic heterocycles. The number of aliphatic hydroxyl groups is 6. The van der Waals surface area contributed by atoms with Gasteiger partial charge in [0, 0.05) is 0 Å². The summed E-state index contributed by atoms with van der Waals surface area (Å²) >= 11 is 0. The molecule has 0 amide bonds. The fourth-order valence-corrected chi connectivity index (χ4v) is 6.31. The Hall–Kier alpha value is -2.10. The van der Waals surface area contributed by atoms with Crippen molar-refractivity contribution in [2.24, 2.45) is 0 Å². The van der Waals surface area contributed by atoms with Crippen LogP contribution in [0.4, 0.5) is 0 Å². The quantitative estimate of drug-likeness (QED) is 0.145. The standard InChI is InChI=1S/C26H34O15S2/c1-14-3-7-16(8-4-14)42(33,34)37-12-19-20(28)22(30)23(31)25(39-19)41-26(24(32)21(29)18(11-27)40-26)13-38-43(35,36)17-9-5-15(2)6-10-17/h3-10,18-25,27-32H,11-13H2,1-2H3/t18-,19-,20-,21-,22+,23-,24+,25-,26+/m1/s1. The molecule has 240 valence electrons. The van der Waals surface area contributed by atoms with Crippen molar-refractivity contribution in [3.8, 4) is 0 Å². The van der Waals surface area contributed by atoms with Gasteiger partial charge in [-0.3, -0.25) is 8.37 Å². The first-order valence-electron chi connectivity index (χ1n) is 13.0. The molecule has 0 bridgehead atoms. The maximum absolute atomic E-state index is 12.8. The van der Waals surface area contributed by atoms with E-state index in [9.17, 15) is 47.5 Å². The van der Waals surface area contributed by atoms with Gasteiger partial charge in [0.1, 0.15) is 49.3 Å². The average molecular weight is 651 g/mol. The van der Waals surface area contributed by atoms with E-state index in [0.29, 0.717) is 0 Å². The topological polar surface area (TPSA) is 236 Å². The zero-order valence-electron chi connectivity index (χ0n) is 23.0. The van der Waals surface area contributed by atoms with Crippen molar-refractivity contribution in [1.82, 2.24) is 0 Å². The summed E-state index contributed by atoms with van der Waals surface area (Å²) < 4.78 is 77.6. The zero-order valence-corrected chi connectivity index (χ0v) is 24.7. The van der Waals surface area contributed by atoms with Crippen molar-refractivity contribution in [3.05, 3.63) is 59.7 Å². The van der Waals surface area contributed by atoms with Crippen LogP contribution >= 0.6 is 0 Å². The minimum absolute atomic E-state index is 0.200. The summed E-state index contributed by atoms with van der Waals surface area (Å²) in [5.74, 6) is -2.61. The van der Waals surface area contributed by atoms with Crippen molar-refractivity contribution < 1.29 is 70.1 Å². The van der Waals surface area contributed by atoms with E-state index >= 15 is 0 Å². The molecular formula is C26H34O15S2. The van der Waals surface area contributed by atoms with E-state index in [1.807, 2.05) is 0 Å². The highest BCUT2D eigenvalue weighted by atomic mass is 32.2. The Morgan fingerprint density at radius 2 is 1.23 bits per heavy atom. The maximum atomic E-state index is 12.8. The summed E-state index contributed by atoms with van der Waals surface area (Å²) in [6, 6.07) is 11.2. The molecule has 9 atom stereocenters. The fraction of sp³-hybridized carbons (Fsp3) is 0.538. The van der Waals surface area contributed by atoms with Crippen LogP contribution in [0.5, 0.6) is 0 Å². The van der Waals surface area contributed by atoms with Gasteiger partial charge in [0.25, 0.3) is 20.2 Å². The van der Waals surface area contributed by atoms with Crippen LogP contribution in [-0.4, -0.2) is 122 Å². The molecule has 43 heavy (non-hydrogen) atoms. The Bertz CT molecular complexity index is 1450. The molecule has 2 saturated heterocycles. The average Bonchev–Trinajstić information content (AvgIpc) is 3.21. The molecule has 0 radical (unpaired) electrons. The monoisotopic (exact) mass is 650 g/mol. The predicted octanol–water partition coefficient (Wildman–Crippen LogP) is -1.95. The molecule has 2 aliphatic heterocycles. The van der Waals surface area contributed by atoms with Crippen molar-refractivity contribution in [2.75, 3.05) is 19.8 Å². The van der Waals surface area contributed by atoms with Gasteiger partial charge in [-0.25, -0.2) is 0 Å². The molecule has 17 heteroatoms. The molecule has 2 aromatic rings. The minimum atomic E-state index is -4.50. The zero-order chi connectivity index (χ0) is 31.7. The number of aliphatic hydroxyl groups excluding tert-OH is 6. The van der Waals surface area contributed by atoms with Gasteiger partial charge in [0.15, 0.2) is 6.29 Å². The molecule has 4 rings (SSSR count). The second kappa shape index (κ2) is 13.1. The lowest BCUT2D eigenvalue weighted by molar-refractivity contribution is -0.381. The first kappa shape index (κ1) is 33.8. The fourth-order valence-electron chi connectivity index (χ4n) is 4.47. The Morgan fingerprint density at radius 1 is 0.721 bits per heavy atom. The van der Waals surface area contributed by atoms with Gasteiger partial charge < -0.3 is 44.8 Å². The third-order valence-electron chi connectivity index (χ3n) is 7.09. The summed E-state index contributed by atoms with van der Waals surface area (Å²) in [7, 11) is -8.85. The molecule has 0 unspecified atom stereocenters. The van der Waals surface area contributed by atoms with Crippen LogP contribution in [0.2, 0.25) is 0 Å². The maximum Gasteiger partial charge on any atom is 0.297 e. The lowest BCUT2D eigenvalue weighted by atomic mass is 9.99. The summed E-state index contributed by atoms with van der Waals surface area (Å²) in [6.07, 6.45) is -15.1. The van der Waals surface area contributed by atoms with Crippen LogP contribution in [0.15, 0.2) is 58.3 Å². The van der Waals surface area contributed by atoms with E-state index in [0.717, 1.165) is 11.1 Å².